The quantitative estimate of drug-likeness (QED) is 0.221. The summed E-state index contributed by atoms with van der Waals surface area (Å²) in [5, 5.41) is 0. The average Bonchev–Trinajstić information content (AvgIpc) is 2.56. The van der Waals surface area contributed by atoms with E-state index in [9.17, 15) is 0 Å². The summed E-state index contributed by atoms with van der Waals surface area (Å²) in [6, 6.07) is 0. The lowest BCUT2D eigenvalue weighted by Gasteiger charge is -2.24. The van der Waals surface area contributed by atoms with Crippen LogP contribution in [0.5, 0.6) is 0 Å². The summed E-state index contributed by atoms with van der Waals surface area (Å²) in [4.78, 5) is 0. The summed E-state index contributed by atoms with van der Waals surface area (Å²) >= 11 is 0. The van der Waals surface area contributed by atoms with Gasteiger partial charge in [0.05, 0.1) is 0 Å². The first-order valence-electron chi connectivity index (χ1n) is 11.3. The number of unbranched alkanes of at least 4 members (excludes halogenated alkanes) is 8. The number of hydrogen-bond acceptors (Lipinski definition) is 0. The van der Waals surface area contributed by atoms with Crippen LogP contribution < -0.4 is 0 Å². The second kappa shape index (κ2) is 18.3. The van der Waals surface area contributed by atoms with Gasteiger partial charge in [0.2, 0.25) is 0 Å². The van der Waals surface area contributed by atoms with Gasteiger partial charge in [-0.3, -0.25) is 0 Å². The number of hydrogen-bond donors (Lipinski definition) is 0. The van der Waals surface area contributed by atoms with Crippen molar-refractivity contribution in [3.63, 3.8) is 0 Å². The van der Waals surface area contributed by atoms with E-state index in [1.165, 1.54) is 103 Å². The van der Waals surface area contributed by atoms with Crippen molar-refractivity contribution in [2.75, 3.05) is 0 Å². The first-order chi connectivity index (χ1) is 11.3. The molecule has 0 spiro atoms. The minimum absolute atomic E-state index is 1.03. The Labute approximate surface area is 149 Å². The smallest absolute Gasteiger partial charge is 0.0412 e. The van der Waals surface area contributed by atoms with Crippen molar-refractivity contribution >= 4 is 0 Å². The molecule has 0 aromatic rings. The molecule has 140 valence electrons. The van der Waals surface area contributed by atoms with Gasteiger partial charge in [-0.25, -0.2) is 0 Å². The molecular formula is C23H48. The summed E-state index contributed by atoms with van der Waals surface area (Å²) in [5.74, 6) is 2.06. The summed E-state index contributed by atoms with van der Waals surface area (Å²) < 4.78 is 0. The topological polar surface area (TPSA) is 0 Å². The highest BCUT2D eigenvalue weighted by Gasteiger charge is 2.16. The second-order valence-corrected chi connectivity index (χ2v) is 7.95. The molecule has 0 rings (SSSR count). The Morgan fingerprint density at radius 3 is 1.17 bits per heavy atom. The van der Waals surface area contributed by atoms with Crippen LogP contribution in [0.1, 0.15) is 137 Å². The lowest BCUT2D eigenvalue weighted by atomic mass is 9.82. The Bertz CT molecular complexity index is 198. The normalized spacial score (nSPS) is 12.9. The third kappa shape index (κ3) is 15.3. The van der Waals surface area contributed by atoms with Crippen molar-refractivity contribution in [1.29, 1.82) is 0 Å². The first-order valence-corrected chi connectivity index (χ1v) is 11.3. The molecule has 0 aromatic carbocycles. The maximum absolute atomic E-state index is 2.36. The molecule has 0 saturated carbocycles. The van der Waals surface area contributed by atoms with E-state index in [2.05, 4.69) is 27.7 Å². The van der Waals surface area contributed by atoms with Gasteiger partial charge in [-0.15, -0.1) is 0 Å². The van der Waals surface area contributed by atoms with E-state index in [4.69, 9.17) is 0 Å². The zero-order valence-corrected chi connectivity index (χ0v) is 17.2. The summed E-state index contributed by atoms with van der Waals surface area (Å²) in [7, 11) is 0. The van der Waals surface area contributed by atoms with Gasteiger partial charge in [0.15, 0.2) is 0 Å². The molecule has 0 radical (unpaired) electrons. The van der Waals surface area contributed by atoms with E-state index < -0.39 is 0 Å². The molecule has 0 fully saturated rings. The van der Waals surface area contributed by atoms with E-state index in [-0.39, 0.29) is 0 Å². The van der Waals surface area contributed by atoms with Crippen molar-refractivity contribution in [3.05, 3.63) is 0 Å². The molecular weight excluding hydrogens is 276 g/mol. The first kappa shape index (κ1) is 23.0. The Hall–Kier alpha value is 0. The predicted octanol–water partition coefficient (Wildman–Crippen LogP) is 8.93. The molecule has 0 aliphatic heterocycles. The van der Waals surface area contributed by atoms with Crippen LogP contribution >= 0.6 is 0 Å². The fraction of sp³-hybridized carbons (Fsp3) is 1.00. The largest absolute Gasteiger partial charge is 0.0654 e. The summed E-state index contributed by atoms with van der Waals surface area (Å²) in [6.45, 7) is 9.36. The van der Waals surface area contributed by atoms with Gasteiger partial charge in [0.1, 0.15) is 0 Å². The fourth-order valence-electron chi connectivity index (χ4n) is 3.95. The lowest BCUT2D eigenvalue weighted by Crippen LogP contribution is -2.10. The van der Waals surface area contributed by atoms with Crippen LogP contribution in [-0.2, 0) is 0 Å². The molecule has 23 heavy (non-hydrogen) atoms. The van der Waals surface area contributed by atoms with Gasteiger partial charge in [-0.2, -0.15) is 0 Å². The highest BCUT2D eigenvalue weighted by Crippen LogP contribution is 2.30. The molecule has 0 aromatic heterocycles. The Morgan fingerprint density at radius 2 is 0.739 bits per heavy atom. The standard InChI is InChI=1S/C23H48/c1-5-9-13-16-20-22(17-12-8-4)21-23(18-14-10-6-2)19-15-11-7-3/h22-23H,5-21H2,1-4H3. The van der Waals surface area contributed by atoms with Crippen LogP contribution in [0.25, 0.3) is 0 Å². The summed E-state index contributed by atoms with van der Waals surface area (Å²) in [5.41, 5.74) is 0. The Morgan fingerprint density at radius 1 is 0.391 bits per heavy atom. The van der Waals surface area contributed by atoms with Gasteiger partial charge in [-0.1, -0.05) is 130 Å². The maximum atomic E-state index is 2.36. The molecule has 0 amide bonds. The van der Waals surface area contributed by atoms with E-state index >= 15 is 0 Å². The lowest BCUT2D eigenvalue weighted by molar-refractivity contribution is 0.285. The monoisotopic (exact) mass is 324 g/mol. The third-order valence-corrected chi connectivity index (χ3v) is 5.53. The van der Waals surface area contributed by atoms with Gasteiger partial charge in [0, 0.05) is 0 Å². The zero-order valence-electron chi connectivity index (χ0n) is 17.2. The molecule has 0 saturated heterocycles. The van der Waals surface area contributed by atoms with E-state index in [0.29, 0.717) is 0 Å². The number of rotatable bonds is 18. The summed E-state index contributed by atoms with van der Waals surface area (Å²) in [6.07, 6.45) is 24.8. The molecule has 0 heteroatoms. The van der Waals surface area contributed by atoms with E-state index in [1.54, 1.807) is 6.42 Å². The van der Waals surface area contributed by atoms with Crippen molar-refractivity contribution in [3.8, 4) is 0 Å². The molecule has 1 atom stereocenters. The average molecular weight is 325 g/mol. The Kier molecular flexibility index (Phi) is 18.3. The van der Waals surface area contributed by atoms with E-state index in [1.807, 2.05) is 0 Å². The van der Waals surface area contributed by atoms with Crippen LogP contribution in [-0.4, -0.2) is 0 Å². The van der Waals surface area contributed by atoms with Crippen molar-refractivity contribution in [1.82, 2.24) is 0 Å². The van der Waals surface area contributed by atoms with Crippen molar-refractivity contribution in [2.24, 2.45) is 11.8 Å². The molecule has 0 nitrogen and oxygen atoms in total. The minimum Gasteiger partial charge on any atom is -0.0654 e. The maximum Gasteiger partial charge on any atom is -0.0412 e. The SMILES string of the molecule is CCCCCCC(CCCC)CC(CCCCC)CCCCC. The molecule has 0 heterocycles. The van der Waals surface area contributed by atoms with Gasteiger partial charge >= 0.3 is 0 Å². The van der Waals surface area contributed by atoms with Gasteiger partial charge in [0.25, 0.3) is 0 Å². The van der Waals surface area contributed by atoms with Gasteiger partial charge in [-0.05, 0) is 18.3 Å². The highest BCUT2D eigenvalue weighted by molar-refractivity contribution is 4.68. The van der Waals surface area contributed by atoms with Crippen LogP contribution in [0.2, 0.25) is 0 Å². The fourth-order valence-corrected chi connectivity index (χ4v) is 3.95. The van der Waals surface area contributed by atoms with Gasteiger partial charge < -0.3 is 0 Å². The van der Waals surface area contributed by atoms with Crippen molar-refractivity contribution < 1.29 is 0 Å². The van der Waals surface area contributed by atoms with Crippen LogP contribution in [0, 0.1) is 11.8 Å². The molecule has 0 aliphatic carbocycles. The minimum atomic E-state index is 1.03. The van der Waals surface area contributed by atoms with Crippen LogP contribution in [0.4, 0.5) is 0 Å². The van der Waals surface area contributed by atoms with Crippen LogP contribution in [0.3, 0.4) is 0 Å². The second-order valence-electron chi connectivity index (χ2n) is 7.95. The zero-order chi connectivity index (χ0) is 17.2. The molecule has 0 bridgehead atoms. The molecule has 0 N–H and O–H groups in total. The molecule has 0 aliphatic rings. The predicted molar refractivity (Wildman–Crippen MR) is 108 cm³/mol. The molecule has 1 unspecified atom stereocenters. The third-order valence-electron chi connectivity index (χ3n) is 5.53. The Balaban J connectivity index is 4.27. The highest BCUT2D eigenvalue weighted by atomic mass is 14.2. The van der Waals surface area contributed by atoms with E-state index in [0.717, 1.165) is 11.8 Å². The van der Waals surface area contributed by atoms with Crippen molar-refractivity contribution in [2.45, 2.75) is 137 Å². The van der Waals surface area contributed by atoms with Crippen LogP contribution in [0.15, 0.2) is 0 Å².